The topological polar surface area (TPSA) is 60.7 Å². The van der Waals surface area contributed by atoms with Crippen molar-refractivity contribution < 1.29 is 15.3 Å². The summed E-state index contributed by atoms with van der Waals surface area (Å²) in [5, 5.41) is 30.0. The first-order valence-corrected chi connectivity index (χ1v) is 12.9. The average Bonchev–Trinajstić information content (AvgIpc) is 3.06. The number of rotatable bonds is 7. The third kappa shape index (κ3) is 6.04. The number of aliphatic hydroxyl groups is 3. The summed E-state index contributed by atoms with van der Waals surface area (Å²) in [4.78, 5) is 0. The van der Waals surface area contributed by atoms with Crippen molar-refractivity contribution >= 4 is 0 Å². The molecule has 3 fully saturated rings. The summed E-state index contributed by atoms with van der Waals surface area (Å²) in [6, 6.07) is 0. The highest BCUT2D eigenvalue weighted by Gasteiger charge is 2.50. The third-order valence-corrected chi connectivity index (χ3v) is 8.54. The molecule has 3 aliphatic rings. The lowest BCUT2D eigenvalue weighted by Gasteiger charge is -2.44. The molecule has 32 heavy (non-hydrogen) atoms. The van der Waals surface area contributed by atoms with Crippen LogP contribution < -0.4 is 0 Å². The standard InChI is InChI=1S/C29H46O3/c1-20(10-7-6-8-16-28(3,4)32)25-14-15-26-22(11-9-17-29(25,26)5)12-13-23-18-24(30)19-27(31)21(23)2/h8,12-13,16,20,24-27,30-32H,2,6-7,9-11,14-15,17-19H2,1,3-5H3/b16-8+,22-12+,23-13+/t20-,24-,25-,26+,27+,29-/m1/s1. The van der Waals surface area contributed by atoms with Gasteiger partial charge in [0.25, 0.3) is 0 Å². The highest BCUT2D eigenvalue weighted by Crippen LogP contribution is 2.59. The fourth-order valence-corrected chi connectivity index (χ4v) is 6.81. The molecule has 3 nitrogen and oxygen atoms in total. The zero-order chi connectivity index (χ0) is 23.5. The summed E-state index contributed by atoms with van der Waals surface area (Å²) in [6.45, 7) is 12.7. The molecular formula is C29H46O3. The van der Waals surface area contributed by atoms with E-state index >= 15 is 0 Å². The van der Waals surface area contributed by atoms with Crippen molar-refractivity contribution in [2.24, 2.45) is 23.2 Å². The Kier molecular flexibility index (Phi) is 8.28. The summed E-state index contributed by atoms with van der Waals surface area (Å²) in [6.07, 6.45) is 18.2. The molecule has 0 radical (unpaired) electrons. The Bertz CT molecular complexity index is 753. The first-order chi connectivity index (χ1) is 15.0. The Labute approximate surface area is 196 Å². The number of unbranched alkanes of at least 4 members (excludes halogenated alkanes) is 1. The van der Waals surface area contributed by atoms with Crippen molar-refractivity contribution in [1.29, 1.82) is 0 Å². The molecule has 0 aliphatic heterocycles. The van der Waals surface area contributed by atoms with Crippen molar-refractivity contribution in [2.75, 3.05) is 0 Å². The minimum atomic E-state index is -0.710. The van der Waals surface area contributed by atoms with E-state index in [2.05, 4.69) is 38.7 Å². The van der Waals surface area contributed by atoms with Crippen LogP contribution in [-0.4, -0.2) is 33.1 Å². The molecule has 0 unspecified atom stereocenters. The molecule has 0 aromatic heterocycles. The van der Waals surface area contributed by atoms with Gasteiger partial charge in [-0.3, -0.25) is 0 Å². The van der Waals surface area contributed by atoms with Crippen LogP contribution in [0.1, 0.15) is 91.9 Å². The number of hydrogen-bond acceptors (Lipinski definition) is 3. The van der Waals surface area contributed by atoms with Gasteiger partial charge < -0.3 is 15.3 Å². The van der Waals surface area contributed by atoms with Crippen LogP contribution in [0.15, 0.2) is 47.6 Å². The van der Waals surface area contributed by atoms with Crippen molar-refractivity contribution in [2.45, 2.75) is 110 Å². The van der Waals surface area contributed by atoms with E-state index in [1.165, 1.54) is 44.9 Å². The molecule has 0 spiro atoms. The van der Waals surface area contributed by atoms with E-state index in [0.717, 1.165) is 29.4 Å². The van der Waals surface area contributed by atoms with Gasteiger partial charge in [-0.15, -0.1) is 0 Å². The first-order valence-electron chi connectivity index (χ1n) is 12.9. The van der Waals surface area contributed by atoms with Gasteiger partial charge in [-0.25, -0.2) is 0 Å². The van der Waals surface area contributed by atoms with Crippen molar-refractivity contribution in [3.05, 3.63) is 47.6 Å². The van der Waals surface area contributed by atoms with Crippen LogP contribution in [0, 0.1) is 23.2 Å². The second-order valence-electron chi connectivity index (χ2n) is 11.6. The molecule has 0 aromatic carbocycles. The van der Waals surface area contributed by atoms with Crippen LogP contribution in [0.5, 0.6) is 0 Å². The second kappa shape index (κ2) is 10.4. The minimum absolute atomic E-state index is 0.382. The van der Waals surface area contributed by atoms with Gasteiger partial charge in [-0.1, -0.05) is 56.7 Å². The van der Waals surface area contributed by atoms with Crippen molar-refractivity contribution in [1.82, 2.24) is 0 Å². The van der Waals surface area contributed by atoms with E-state index in [4.69, 9.17) is 0 Å². The lowest BCUT2D eigenvalue weighted by Crippen LogP contribution is -2.36. The molecule has 3 saturated carbocycles. The quantitative estimate of drug-likeness (QED) is 0.322. The fraction of sp³-hybridized carbons (Fsp3) is 0.724. The molecule has 0 aromatic rings. The van der Waals surface area contributed by atoms with Gasteiger partial charge in [-0.2, -0.15) is 0 Å². The molecule has 0 saturated heterocycles. The SMILES string of the molecule is C=C1/C(=C/C=C2\CCC[C@]3(C)[C@@H]([C@H](C)CCC/C=C/C(C)(C)O)CC[C@@H]23)C[C@@H](O)C[C@@H]1O. The van der Waals surface area contributed by atoms with Crippen LogP contribution in [0.3, 0.4) is 0 Å². The number of aliphatic hydroxyl groups excluding tert-OH is 2. The van der Waals surface area contributed by atoms with E-state index in [1.54, 1.807) is 5.57 Å². The van der Waals surface area contributed by atoms with Gasteiger partial charge >= 0.3 is 0 Å². The summed E-state index contributed by atoms with van der Waals surface area (Å²) in [5.41, 5.74) is 3.03. The molecule has 3 heteroatoms. The Morgan fingerprint density at radius 3 is 2.69 bits per heavy atom. The Morgan fingerprint density at radius 2 is 1.97 bits per heavy atom. The molecule has 180 valence electrons. The Balaban J connectivity index is 1.64. The molecule has 0 amide bonds. The lowest BCUT2D eigenvalue weighted by molar-refractivity contribution is 0.0861. The number of fused-ring (bicyclic) bond motifs is 1. The molecule has 6 atom stereocenters. The largest absolute Gasteiger partial charge is 0.393 e. The maximum absolute atomic E-state index is 10.1. The summed E-state index contributed by atoms with van der Waals surface area (Å²) in [7, 11) is 0. The zero-order valence-corrected chi connectivity index (χ0v) is 20.8. The molecule has 0 heterocycles. The summed E-state index contributed by atoms with van der Waals surface area (Å²) in [5.74, 6) is 2.15. The highest BCUT2D eigenvalue weighted by atomic mass is 16.3. The predicted octanol–water partition coefficient (Wildman–Crippen LogP) is 6.26. The van der Waals surface area contributed by atoms with Gasteiger partial charge in [0.15, 0.2) is 0 Å². The summed E-state index contributed by atoms with van der Waals surface area (Å²) < 4.78 is 0. The molecule has 3 N–H and O–H groups in total. The monoisotopic (exact) mass is 442 g/mol. The molecule has 3 aliphatic carbocycles. The Hall–Kier alpha value is -1.16. The number of allylic oxidation sites excluding steroid dienone is 4. The normalized spacial score (nSPS) is 37.4. The van der Waals surface area contributed by atoms with E-state index in [9.17, 15) is 15.3 Å². The van der Waals surface area contributed by atoms with Gasteiger partial charge in [0.05, 0.1) is 17.8 Å². The van der Waals surface area contributed by atoms with Gasteiger partial charge in [-0.05, 0) is 99.5 Å². The maximum Gasteiger partial charge on any atom is 0.0811 e. The highest BCUT2D eigenvalue weighted by molar-refractivity contribution is 5.38. The van der Waals surface area contributed by atoms with E-state index in [-0.39, 0.29) is 0 Å². The summed E-state index contributed by atoms with van der Waals surface area (Å²) >= 11 is 0. The fourth-order valence-electron chi connectivity index (χ4n) is 6.81. The van der Waals surface area contributed by atoms with Crippen LogP contribution in [0.25, 0.3) is 0 Å². The Morgan fingerprint density at radius 1 is 1.22 bits per heavy atom. The van der Waals surface area contributed by atoms with E-state index in [0.29, 0.717) is 24.2 Å². The van der Waals surface area contributed by atoms with Crippen molar-refractivity contribution in [3.8, 4) is 0 Å². The lowest BCUT2D eigenvalue weighted by atomic mass is 9.60. The van der Waals surface area contributed by atoms with Gasteiger partial charge in [0.1, 0.15) is 0 Å². The van der Waals surface area contributed by atoms with Crippen molar-refractivity contribution in [3.63, 3.8) is 0 Å². The van der Waals surface area contributed by atoms with Gasteiger partial charge in [0.2, 0.25) is 0 Å². The van der Waals surface area contributed by atoms with Crippen LogP contribution in [0.2, 0.25) is 0 Å². The van der Waals surface area contributed by atoms with Crippen LogP contribution in [-0.2, 0) is 0 Å². The zero-order valence-electron chi connectivity index (χ0n) is 20.8. The molecule has 0 bridgehead atoms. The van der Waals surface area contributed by atoms with E-state index < -0.39 is 17.8 Å². The smallest absolute Gasteiger partial charge is 0.0811 e. The second-order valence-corrected chi connectivity index (χ2v) is 11.6. The maximum atomic E-state index is 10.1. The number of hydrogen-bond donors (Lipinski definition) is 3. The van der Waals surface area contributed by atoms with E-state index in [1.807, 2.05) is 19.9 Å². The van der Waals surface area contributed by atoms with Crippen LogP contribution >= 0.6 is 0 Å². The molecular weight excluding hydrogens is 396 g/mol. The first kappa shape index (κ1) is 25.5. The predicted molar refractivity (Wildman–Crippen MR) is 133 cm³/mol. The minimum Gasteiger partial charge on any atom is -0.393 e. The van der Waals surface area contributed by atoms with Gasteiger partial charge in [0, 0.05) is 6.42 Å². The van der Waals surface area contributed by atoms with Crippen LogP contribution in [0.4, 0.5) is 0 Å². The third-order valence-electron chi connectivity index (χ3n) is 8.54. The average molecular weight is 443 g/mol. The molecule has 3 rings (SSSR count).